The predicted molar refractivity (Wildman–Crippen MR) is 104 cm³/mol. The second kappa shape index (κ2) is 8.87. The van der Waals surface area contributed by atoms with Crippen molar-refractivity contribution in [3.63, 3.8) is 0 Å². The van der Waals surface area contributed by atoms with Crippen molar-refractivity contribution in [3.05, 3.63) is 63.5 Å². The number of hydrogen-bond acceptors (Lipinski definition) is 6. The average Bonchev–Trinajstić information content (AvgIpc) is 2.70. The minimum absolute atomic E-state index is 0.114. The van der Waals surface area contributed by atoms with Crippen LogP contribution in [0.1, 0.15) is 10.5 Å². The molecule has 1 amide bonds. The number of nitrogens with one attached hydrogen (secondary N) is 1. The number of aromatic nitrogens is 2. The fourth-order valence-corrected chi connectivity index (χ4v) is 2.84. The number of alkyl halides is 2. The molecule has 8 nitrogen and oxygen atoms in total. The van der Waals surface area contributed by atoms with E-state index in [-0.39, 0.29) is 33.1 Å². The Hall–Kier alpha value is -3.53. The lowest BCUT2D eigenvalue weighted by Crippen LogP contribution is -2.26. The van der Waals surface area contributed by atoms with Crippen LogP contribution in [-0.2, 0) is 16.6 Å². The van der Waals surface area contributed by atoms with Crippen molar-refractivity contribution in [2.45, 2.75) is 6.61 Å². The molecule has 0 aliphatic rings. The molecule has 30 heavy (non-hydrogen) atoms. The lowest BCUT2D eigenvalue weighted by molar-refractivity contribution is -0.119. The molecule has 0 bridgehead atoms. The number of hydrogen-bond donors (Lipinski definition) is 1. The van der Waals surface area contributed by atoms with Crippen LogP contribution in [0.3, 0.4) is 0 Å². The first kappa shape index (κ1) is 21.2. The van der Waals surface area contributed by atoms with Gasteiger partial charge >= 0.3 is 12.6 Å². The van der Waals surface area contributed by atoms with Gasteiger partial charge in [-0.05, 0) is 24.3 Å². The normalized spacial score (nSPS) is 10.8. The molecule has 0 atom stereocenters. The van der Waals surface area contributed by atoms with E-state index in [1.165, 1.54) is 19.2 Å². The Morgan fingerprint density at radius 3 is 2.57 bits per heavy atom. The predicted octanol–water partition coefficient (Wildman–Crippen LogP) is 2.98. The fraction of sp³-hybridized carbons (Fsp3) is 0.158. The van der Waals surface area contributed by atoms with Crippen LogP contribution in [0.25, 0.3) is 10.8 Å². The van der Waals surface area contributed by atoms with E-state index in [0.717, 1.165) is 10.7 Å². The number of anilines is 1. The van der Waals surface area contributed by atoms with E-state index in [2.05, 4.69) is 15.2 Å². The molecular formula is C19H14ClF2N3O5. The number of carbonyl (C=O) groups excluding carboxylic acids is 2. The molecule has 1 aromatic heterocycles. The second-order valence-electron chi connectivity index (χ2n) is 5.97. The first-order valence-corrected chi connectivity index (χ1v) is 8.81. The van der Waals surface area contributed by atoms with Crippen LogP contribution in [0.15, 0.2) is 47.3 Å². The van der Waals surface area contributed by atoms with E-state index < -0.39 is 25.1 Å². The highest BCUT2D eigenvalue weighted by molar-refractivity contribution is 6.32. The molecule has 0 saturated heterocycles. The summed E-state index contributed by atoms with van der Waals surface area (Å²) < 4.78 is 34.7. The molecular weight excluding hydrogens is 424 g/mol. The van der Waals surface area contributed by atoms with E-state index in [9.17, 15) is 23.2 Å². The monoisotopic (exact) mass is 437 g/mol. The number of carbonyl (C=O) groups is 2. The number of ether oxygens (including phenoxy) is 2. The molecule has 0 aliphatic heterocycles. The summed E-state index contributed by atoms with van der Waals surface area (Å²) in [5.41, 5.74) is -0.304. The fourth-order valence-electron chi connectivity index (χ4n) is 2.62. The van der Waals surface area contributed by atoms with Gasteiger partial charge in [-0.15, -0.1) is 0 Å². The quantitative estimate of drug-likeness (QED) is 0.595. The van der Waals surface area contributed by atoms with Crippen LogP contribution in [-0.4, -0.2) is 34.9 Å². The molecule has 11 heteroatoms. The largest absolute Gasteiger partial charge is 0.451 e. The molecule has 0 aliphatic carbocycles. The van der Waals surface area contributed by atoms with Gasteiger partial charge in [0.2, 0.25) is 0 Å². The third kappa shape index (κ3) is 4.71. The molecule has 0 fully saturated rings. The van der Waals surface area contributed by atoms with E-state index in [4.69, 9.17) is 16.3 Å². The molecule has 0 unspecified atom stereocenters. The number of benzene rings is 2. The molecule has 1 N–H and O–H groups in total. The van der Waals surface area contributed by atoms with Crippen LogP contribution < -0.4 is 15.6 Å². The average molecular weight is 438 g/mol. The smallest absolute Gasteiger partial charge is 0.387 e. The lowest BCUT2D eigenvalue weighted by Gasteiger charge is -2.10. The minimum atomic E-state index is -3.04. The Labute approximate surface area is 173 Å². The van der Waals surface area contributed by atoms with Gasteiger partial charge in [0.15, 0.2) is 12.3 Å². The van der Waals surface area contributed by atoms with Gasteiger partial charge in [0.1, 0.15) is 5.75 Å². The van der Waals surface area contributed by atoms with E-state index in [0.29, 0.717) is 5.39 Å². The molecule has 0 radical (unpaired) electrons. The van der Waals surface area contributed by atoms with E-state index in [1.54, 1.807) is 24.3 Å². The van der Waals surface area contributed by atoms with Crippen LogP contribution >= 0.6 is 11.6 Å². The highest BCUT2D eigenvalue weighted by atomic mass is 35.5. The number of halogens is 3. The zero-order valence-electron chi connectivity index (χ0n) is 15.4. The first-order valence-electron chi connectivity index (χ1n) is 8.43. The zero-order valence-corrected chi connectivity index (χ0v) is 16.2. The van der Waals surface area contributed by atoms with Gasteiger partial charge in [0, 0.05) is 18.1 Å². The van der Waals surface area contributed by atoms with Gasteiger partial charge < -0.3 is 14.8 Å². The molecule has 0 saturated carbocycles. The van der Waals surface area contributed by atoms with Gasteiger partial charge in [-0.2, -0.15) is 13.9 Å². The third-order valence-electron chi connectivity index (χ3n) is 3.92. The number of rotatable bonds is 6. The van der Waals surface area contributed by atoms with E-state index >= 15 is 0 Å². The van der Waals surface area contributed by atoms with Crippen LogP contribution in [0.2, 0.25) is 5.02 Å². The number of nitrogens with zero attached hydrogens (tertiary/aromatic N) is 2. The summed E-state index contributed by atoms with van der Waals surface area (Å²) in [4.78, 5) is 36.5. The topological polar surface area (TPSA) is 99.5 Å². The van der Waals surface area contributed by atoms with Gasteiger partial charge in [0.25, 0.3) is 11.5 Å². The highest BCUT2D eigenvalue weighted by Crippen LogP contribution is 2.28. The molecule has 3 aromatic rings. The summed E-state index contributed by atoms with van der Waals surface area (Å²) in [5, 5.41) is 6.77. The van der Waals surface area contributed by atoms with Crippen molar-refractivity contribution in [2.75, 3.05) is 11.9 Å². The molecule has 0 spiro atoms. The molecule has 2 aromatic carbocycles. The summed E-state index contributed by atoms with van der Waals surface area (Å²) >= 11 is 5.82. The molecule has 3 rings (SSSR count). The number of amides is 1. The minimum Gasteiger partial charge on any atom is -0.451 e. The van der Waals surface area contributed by atoms with Gasteiger partial charge in [-0.3, -0.25) is 9.59 Å². The van der Waals surface area contributed by atoms with Crippen molar-refractivity contribution < 1.29 is 27.8 Å². The maximum absolute atomic E-state index is 12.4. The number of fused-ring (bicyclic) bond motifs is 1. The Balaban J connectivity index is 1.68. The summed E-state index contributed by atoms with van der Waals surface area (Å²) in [6.07, 6.45) is 0. The second-order valence-corrected chi connectivity index (χ2v) is 6.38. The van der Waals surface area contributed by atoms with Crippen molar-refractivity contribution in [1.29, 1.82) is 0 Å². The highest BCUT2D eigenvalue weighted by Gasteiger charge is 2.18. The van der Waals surface area contributed by atoms with Gasteiger partial charge in [-0.1, -0.05) is 29.8 Å². The molecule has 1 heterocycles. The Bertz CT molecular complexity index is 1180. The maximum atomic E-state index is 12.4. The summed E-state index contributed by atoms with van der Waals surface area (Å²) in [7, 11) is 1.39. The maximum Gasteiger partial charge on any atom is 0.387 e. The Morgan fingerprint density at radius 2 is 1.90 bits per heavy atom. The van der Waals surface area contributed by atoms with Crippen molar-refractivity contribution in [1.82, 2.24) is 9.78 Å². The SMILES string of the molecule is Cn1nc(C(=O)OCC(=O)Nc2ccc(OC(F)F)c(Cl)c2)c2ccccc2c1=O. The van der Waals surface area contributed by atoms with Gasteiger partial charge in [-0.25, -0.2) is 9.48 Å². The molecule has 156 valence electrons. The van der Waals surface area contributed by atoms with Crippen LogP contribution in [0.5, 0.6) is 5.75 Å². The summed E-state index contributed by atoms with van der Waals surface area (Å²) in [5.74, 6) is -1.84. The number of aryl methyl sites for hydroxylation is 1. The standard InChI is InChI=1S/C19H14ClF2N3O5/c1-25-17(27)12-5-3-2-4-11(12)16(24-25)18(28)29-9-15(26)23-10-6-7-14(13(20)8-10)30-19(21)22/h2-8,19H,9H2,1H3,(H,23,26). The third-order valence-corrected chi connectivity index (χ3v) is 4.21. The van der Waals surface area contributed by atoms with Crippen molar-refractivity contribution >= 4 is 39.9 Å². The Kier molecular flexibility index (Phi) is 6.26. The van der Waals surface area contributed by atoms with Crippen molar-refractivity contribution in [2.24, 2.45) is 7.05 Å². The summed E-state index contributed by atoms with van der Waals surface area (Å²) in [6.45, 7) is -3.69. The van der Waals surface area contributed by atoms with E-state index in [1.807, 2.05) is 0 Å². The summed E-state index contributed by atoms with van der Waals surface area (Å²) in [6, 6.07) is 10.1. The van der Waals surface area contributed by atoms with Crippen molar-refractivity contribution in [3.8, 4) is 5.75 Å². The van der Waals surface area contributed by atoms with Gasteiger partial charge in [0.05, 0.1) is 10.4 Å². The number of esters is 1. The first-order chi connectivity index (χ1) is 14.3. The zero-order chi connectivity index (χ0) is 21.8. The van der Waals surface area contributed by atoms with Crippen LogP contribution in [0, 0.1) is 0 Å². The lowest BCUT2D eigenvalue weighted by atomic mass is 10.1. The van der Waals surface area contributed by atoms with Crippen LogP contribution in [0.4, 0.5) is 14.5 Å². The Morgan fingerprint density at radius 1 is 1.20 bits per heavy atom.